The second kappa shape index (κ2) is 4.88. The van der Waals surface area contributed by atoms with Crippen molar-refractivity contribution in [2.24, 2.45) is 5.92 Å². The Kier molecular flexibility index (Phi) is 4.02. The van der Waals surface area contributed by atoms with Gasteiger partial charge in [0.15, 0.2) is 0 Å². The van der Waals surface area contributed by atoms with Crippen molar-refractivity contribution in [3.63, 3.8) is 0 Å². The van der Waals surface area contributed by atoms with Crippen LogP contribution in [0.25, 0.3) is 0 Å². The Hall–Kier alpha value is -0.710. The van der Waals surface area contributed by atoms with E-state index in [9.17, 15) is 13.6 Å². The normalized spacial score (nSPS) is 23.7. The van der Waals surface area contributed by atoms with Crippen molar-refractivity contribution >= 4 is 5.97 Å². The van der Waals surface area contributed by atoms with Crippen molar-refractivity contribution in [3.05, 3.63) is 0 Å². The minimum atomic E-state index is -2.53. The minimum Gasteiger partial charge on any atom is -0.480 e. The Balaban J connectivity index is 2.38. The summed E-state index contributed by atoms with van der Waals surface area (Å²) in [7, 11) is 1.58. The number of aliphatic carboxylic acids is 1. The average Bonchev–Trinajstić information content (AvgIpc) is 2.15. The maximum absolute atomic E-state index is 12.8. The lowest BCUT2D eigenvalue weighted by Gasteiger charge is -2.29. The highest BCUT2D eigenvalue weighted by Gasteiger charge is 2.36. The average molecular weight is 221 g/mol. The highest BCUT2D eigenvalue weighted by molar-refractivity contribution is 5.73. The molecule has 5 heteroatoms. The number of carboxylic acids is 1. The van der Waals surface area contributed by atoms with E-state index in [1.807, 2.05) is 0 Å². The molecule has 0 aromatic rings. The number of hydrogen-bond acceptors (Lipinski definition) is 2. The molecule has 1 unspecified atom stereocenters. The van der Waals surface area contributed by atoms with E-state index in [0.717, 1.165) is 0 Å². The number of likely N-dealkylation sites (N-methyl/N-ethyl adjacent to an activating group) is 1. The number of halogens is 2. The molecule has 0 aromatic heterocycles. The van der Waals surface area contributed by atoms with Gasteiger partial charge in [0, 0.05) is 12.8 Å². The molecule has 0 amide bonds. The molecule has 1 saturated carbocycles. The summed E-state index contributed by atoms with van der Waals surface area (Å²) in [5, 5.41) is 11.5. The van der Waals surface area contributed by atoms with Crippen LogP contribution in [0.2, 0.25) is 0 Å². The summed E-state index contributed by atoms with van der Waals surface area (Å²) < 4.78 is 25.6. The van der Waals surface area contributed by atoms with Crippen molar-refractivity contribution in [1.29, 1.82) is 0 Å². The first-order valence-corrected chi connectivity index (χ1v) is 5.22. The van der Waals surface area contributed by atoms with Gasteiger partial charge in [-0.1, -0.05) is 0 Å². The molecule has 0 heterocycles. The molecule has 1 aliphatic rings. The third kappa shape index (κ3) is 3.74. The van der Waals surface area contributed by atoms with Gasteiger partial charge in [-0.3, -0.25) is 4.79 Å². The Morgan fingerprint density at radius 1 is 1.53 bits per heavy atom. The zero-order chi connectivity index (χ0) is 11.5. The van der Waals surface area contributed by atoms with Gasteiger partial charge in [-0.05, 0) is 32.2 Å². The smallest absolute Gasteiger partial charge is 0.320 e. The van der Waals surface area contributed by atoms with Crippen LogP contribution in [0.3, 0.4) is 0 Å². The van der Waals surface area contributed by atoms with Crippen molar-refractivity contribution < 1.29 is 18.7 Å². The molecule has 3 nitrogen and oxygen atoms in total. The van der Waals surface area contributed by atoms with Gasteiger partial charge in [0.1, 0.15) is 6.04 Å². The summed E-state index contributed by atoms with van der Waals surface area (Å²) >= 11 is 0. The van der Waals surface area contributed by atoms with Crippen LogP contribution in [0, 0.1) is 5.92 Å². The van der Waals surface area contributed by atoms with Crippen LogP contribution in [0.15, 0.2) is 0 Å². The first-order valence-electron chi connectivity index (χ1n) is 5.22. The molecule has 1 atom stereocenters. The molecule has 0 aromatic carbocycles. The first-order chi connectivity index (χ1) is 6.94. The summed E-state index contributed by atoms with van der Waals surface area (Å²) in [6, 6.07) is -0.610. The lowest BCUT2D eigenvalue weighted by Crippen LogP contribution is -2.37. The van der Waals surface area contributed by atoms with Gasteiger partial charge < -0.3 is 10.4 Å². The van der Waals surface area contributed by atoms with Crippen molar-refractivity contribution in [1.82, 2.24) is 5.32 Å². The zero-order valence-corrected chi connectivity index (χ0v) is 8.80. The fraction of sp³-hybridized carbons (Fsp3) is 0.900. The number of hydrogen-bond donors (Lipinski definition) is 2. The fourth-order valence-corrected chi connectivity index (χ4v) is 2.01. The Labute approximate surface area is 87.9 Å². The second-order valence-electron chi connectivity index (χ2n) is 4.21. The summed E-state index contributed by atoms with van der Waals surface area (Å²) in [4.78, 5) is 10.7. The Morgan fingerprint density at radius 2 is 2.07 bits per heavy atom. The molecule has 1 aliphatic carbocycles. The molecule has 1 rings (SSSR count). The molecule has 0 radical (unpaired) electrons. The van der Waals surface area contributed by atoms with Crippen LogP contribution >= 0.6 is 0 Å². The van der Waals surface area contributed by atoms with Crippen LogP contribution in [0.4, 0.5) is 8.78 Å². The molecule has 1 fully saturated rings. The van der Waals surface area contributed by atoms with Gasteiger partial charge in [-0.2, -0.15) is 0 Å². The standard InChI is InChI=1S/C10H17F2NO2/c1-13-8(9(14)15)6-7-2-4-10(11,12)5-3-7/h7-8,13H,2-6H2,1H3,(H,14,15). The molecule has 88 valence electrons. The van der Waals surface area contributed by atoms with Crippen LogP contribution in [0.1, 0.15) is 32.1 Å². The number of rotatable bonds is 4. The van der Waals surface area contributed by atoms with E-state index < -0.39 is 17.9 Å². The van der Waals surface area contributed by atoms with Gasteiger partial charge in [0.25, 0.3) is 0 Å². The maximum atomic E-state index is 12.8. The Morgan fingerprint density at radius 3 is 2.47 bits per heavy atom. The molecule has 0 saturated heterocycles. The van der Waals surface area contributed by atoms with Crippen LogP contribution in [-0.4, -0.2) is 30.1 Å². The van der Waals surface area contributed by atoms with Crippen LogP contribution in [0.5, 0.6) is 0 Å². The van der Waals surface area contributed by atoms with E-state index in [-0.39, 0.29) is 18.8 Å². The predicted molar refractivity (Wildman–Crippen MR) is 52.0 cm³/mol. The summed E-state index contributed by atoms with van der Waals surface area (Å²) in [6.07, 6.45) is 1.10. The van der Waals surface area contributed by atoms with E-state index in [4.69, 9.17) is 5.11 Å². The van der Waals surface area contributed by atoms with E-state index in [1.54, 1.807) is 7.05 Å². The first kappa shape index (κ1) is 12.4. The van der Waals surface area contributed by atoms with Gasteiger partial charge in [-0.25, -0.2) is 8.78 Å². The van der Waals surface area contributed by atoms with Gasteiger partial charge >= 0.3 is 5.97 Å². The third-order valence-corrected chi connectivity index (χ3v) is 3.05. The monoisotopic (exact) mass is 221 g/mol. The van der Waals surface area contributed by atoms with Gasteiger partial charge in [-0.15, -0.1) is 0 Å². The molecule has 0 spiro atoms. The van der Waals surface area contributed by atoms with Crippen LogP contribution < -0.4 is 5.32 Å². The maximum Gasteiger partial charge on any atom is 0.320 e. The van der Waals surface area contributed by atoms with E-state index in [1.165, 1.54) is 0 Å². The minimum absolute atomic E-state index is 0.103. The Bertz CT molecular complexity index is 223. The van der Waals surface area contributed by atoms with Crippen molar-refractivity contribution in [3.8, 4) is 0 Å². The highest BCUT2D eigenvalue weighted by Crippen LogP contribution is 2.37. The van der Waals surface area contributed by atoms with Gasteiger partial charge in [0.05, 0.1) is 0 Å². The zero-order valence-electron chi connectivity index (χ0n) is 8.80. The number of carboxylic acid groups (broad SMARTS) is 1. The fourth-order valence-electron chi connectivity index (χ4n) is 2.01. The molecule has 0 aliphatic heterocycles. The summed E-state index contributed by atoms with van der Waals surface area (Å²) in [5.74, 6) is -3.33. The molecular formula is C10H17F2NO2. The summed E-state index contributed by atoms with van der Waals surface area (Å²) in [6.45, 7) is 0. The highest BCUT2D eigenvalue weighted by atomic mass is 19.3. The van der Waals surface area contributed by atoms with Crippen LogP contribution in [-0.2, 0) is 4.79 Å². The number of carbonyl (C=O) groups is 1. The van der Waals surface area contributed by atoms with E-state index in [2.05, 4.69) is 5.32 Å². The lowest BCUT2D eigenvalue weighted by atomic mass is 9.83. The molecular weight excluding hydrogens is 204 g/mol. The molecule has 0 bridgehead atoms. The molecule has 15 heavy (non-hydrogen) atoms. The number of nitrogens with one attached hydrogen (secondary N) is 1. The van der Waals surface area contributed by atoms with E-state index in [0.29, 0.717) is 19.3 Å². The third-order valence-electron chi connectivity index (χ3n) is 3.05. The second-order valence-corrected chi connectivity index (χ2v) is 4.21. The quantitative estimate of drug-likeness (QED) is 0.762. The topological polar surface area (TPSA) is 49.3 Å². The largest absolute Gasteiger partial charge is 0.480 e. The summed E-state index contributed by atoms with van der Waals surface area (Å²) in [5.41, 5.74) is 0. The van der Waals surface area contributed by atoms with Crippen molar-refractivity contribution in [2.45, 2.75) is 44.1 Å². The lowest BCUT2D eigenvalue weighted by molar-refractivity contribution is -0.140. The van der Waals surface area contributed by atoms with Crippen molar-refractivity contribution in [2.75, 3.05) is 7.05 Å². The SMILES string of the molecule is CNC(CC1CCC(F)(F)CC1)C(=O)O. The number of alkyl halides is 2. The predicted octanol–water partition coefficient (Wildman–Crippen LogP) is 1.87. The van der Waals surface area contributed by atoms with Gasteiger partial charge in [0.2, 0.25) is 5.92 Å². The van der Waals surface area contributed by atoms with E-state index >= 15 is 0 Å². The molecule has 2 N–H and O–H groups in total.